The van der Waals surface area contributed by atoms with Gasteiger partial charge in [0.1, 0.15) is 5.69 Å². The summed E-state index contributed by atoms with van der Waals surface area (Å²) in [5, 5.41) is 10.9. The Hall–Kier alpha value is -2.23. The molecule has 0 saturated heterocycles. The number of hydrogen-bond donors (Lipinski definition) is 0. The summed E-state index contributed by atoms with van der Waals surface area (Å²) >= 11 is 0. The van der Waals surface area contributed by atoms with Crippen LogP contribution in [0.2, 0.25) is 0 Å². The maximum atomic E-state index is 10.9. The van der Waals surface area contributed by atoms with E-state index in [0.29, 0.717) is 12.1 Å². The van der Waals surface area contributed by atoms with Gasteiger partial charge in [-0.1, -0.05) is 30.3 Å². The zero-order chi connectivity index (χ0) is 13.0. The molecule has 0 amide bonds. The van der Waals surface area contributed by atoms with Crippen LogP contribution in [0.25, 0.3) is 0 Å². The quantitative estimate of drug-likeness (QED) is 0.611. The van der Waals surface area contributed by atoms with E-state index in [4.69, 9.17) is 0 Å². The summed E-state index contributed by atoms with van der Waals surface area (Å²) in [4.78, 5) is 14.8. The molecule has 1 aromatic carbocycles. The first-order valence-corrected chi connectivity index (χ1v) is 5.81. The lowest BCUT2D eigenvalue weighted by Gasteiger charge is -2.03. The fourth-order valence-electron chi connectivity index (χ4n) is 1.86. The van der Waals surface area contributed by atoms with Crippen molar-refractivity contribution in [2.24, 2.45) is 0 Å². The van der Waals surface area contributed by atoms with Crippen molar-refractivity contribution < 1.29 is 4.92 Å². The number of hydrogen-bond acceptors (Lipinski definition) is 3. The van der Waals surface area contributed by atoms with E-state index in [0.717, 1.165) is 17.7 Å². The Morgan fingerprint density at radius 1 is 1.11 bits per heavy atom. The highest BCUT2D eigenvalue weighted by Crippen LogP contribution is 2.18. The van der Waals surface area contributed by atoms with Crippen LogP contribution < -0.4 is 0 Å². The molecule has 0 saturated carbocycles. The number of pyridine rings is 1. The van der Waals surface area contributed by atoms with Crippen molar-refractivity contribution in [1.29, 1.82) is 0 Å². The minimum atomic E-state index is -0.368. The molecule has 0 unspecified atom stereocenters. The standard InChI is InChI=1S/C14H14N2O2/c1-11-7-10-14(16(17)18)13(15-11)9-8-12-5-3-2-4-6-12/h2-7,10H,8-9H2,1H3. The predicted molar refractivity (Wildman–Crippen MR) is 69.5 cm³/mol. The van der Waals surface area contributed by atoms with E-state index in [1.165, 1.54) is 6.07 Å². The molecule has 1 aromatic heterocycles. The van der Waals surface area contributed by atoms with Crippen LogP contribution in [0.3, 0.4) is 0 Å². The molecule has 0 radical (unpaired) electrons. The fraction of sp³-hybridized carbons (Fsp3) is 0.214. The third-order valence-electron chi connectivity index (χ3n) is 2.78. The Bertz CT molecular complexity index is 553. The normalized spacial score (nSPS) is 10.3. The minimum absolute atomic E-state index is 0.108. The van der Waals surface area contributed by atoms with Gasteiger partial charge in [0.25, 0.3) is 5.69 Å². The molecule has 4 heteroatoms. The van der Waals surface area contributed by atoms with Crippen molar-refractivity contribution in [3.8, 4) is 0 Å². The average Bonchev–Trinajstić information content (AvgIpc) is 2.37. The van der Waals surface area contributed by atoms with Crippen molar-refractivity contribution in [3.05, 3.63) is 69.5 Å². The molecular weight excluding hydrogens is 228 g/mol. The van der Waals surface area contributed by atoms with Crippen LogP contribution in [0.5, 0.6) is 0 Å². The van der Waals surface area contributed by atoms with Gasteiger partial charge in [-0.05, 0) is 25.0 Å². The van der Waals surface area contributed by atoms with Gasteiger partial charge in [-0.2, -0.15) is 0 Å². The second-order valence-electron chi connectivity index (χ2n) is 4.16. The monoisotopic (exact) mass is 242 g/mol. The lowest BCUT2D eigenvalue weighted by atomic mass is 10.1. The molecule has 1 heterocycles. The third-order valence-corrected chi connectivity index (χ3v) is 2.78. The summed E-state index contributed by atoms with van der Waals surface area (Å²) in [5.41, 5.74) is 2.64. The molecule has 0 spiro atoms. The Labute approximate surface area is 105 Å². The van der Waals surface area contributed by atoms with Gasteiger partial charge in [0.15, 0.2) is 0 Å². The largest absolute Gasteiger partial charge is 0.290 e. The topological polar surface area (TPSA) is 56.0 Å². The summed E-state index contributed by atoms with van der Waals surface area (Å²) in [6, 6.07) is 13.1. The van der Waals surface area contributed by atoms with E-state index in [1.807, 2.05) is 37.3 Å². The van der Waals surface area contributed by atoms with Crippen LogP contribution in [0.1, 0.15) is 17.0 Å². The summed E-state index contributed by atoms with van der Waals surface area (Å²) in [6.45, 7) is 1.84. The molecule has 2 rings (SSSR count). The molecule has 4 nitrogen and oxygen atoms in total. The van der Waals surface area contributed by atoms with E-state index < -0.39 is 0 Å². The van der Waals surface area contributed by atoms with Crippen molar-refractivity contribution in [1.82, 2.24) is 4.98 Å². The van der Waals surface area contributed by atoms with Crippen molar-refractivity contribution in [3.63, 3.8) is 0 Å². The van der Waals surface area contributed by atoms with Gasteiger partial charge >= 0.3 is 0 Å². The van der Waals surface area contributed by atoms with Crippen molar-refractivity contribution >= 4 is 5.69 Å². The Morgan fingerprint density at radius 3 is 2.50 bits per heavy atom. The first-order chi connectivity index (χ1) is 8.66. The van der Waals surface area contributed by atoms with Crippen molar-refractivity contribution in [2.45, 2.75) is 19.8 Å². The zero-order valence-corrected chi connectivity index (χ0v) is 10.2. The summed E-state index contributed by atoms with van der Waals surface area (Å²) in [5.74, 6) is 0. The Balaban J connectivity index is 2.18. The number of rotatable bonds is 4. The highest BCUT2D eigenvalue weighted by molar-refractivity contribution is 5.36. The molecule has 0 aliphatic carbocycles. The maximum Gasteiger partial charge on any atom is 0.290 e. The second kappa shape index (κ2) is 5.40. The summed E-state index contributed by atoms with van der Waals surface area (Å²) in [7, 11) is 0. The molecule has 92 valence electrons. The van der Waals surface area contributed by atoms with Gasteiger partial charge in [0.2, 0.25) is 0 Å². The van der Waals surface area contributed by atoms with Gasteiger partial charge in [-0.15, -0.1) is 0 Å². The van der Waals surface area contributed by atoms with Crippen LogP contribution in [-0.4, -0.2) is 9.91 Å². The van der Waals surface area contributed by atoms with Crippen molar-refractivity contribution in [2.75, 3.05) is 0 Å². The number of benzene rings is 1. The molecule has 0 aliphatic heterocycles. The van der Waals surface area contributed by atoms with E-state index in [-0.39, 0.29) is 10.6 Å². The highest BCUT2D eigenvalue weighted by Gasteiger charge is 2.14. The molecule has 2 aromatic rings. The number of aryl methyl sites for hydroxylation is 3. The smallest absolute Gasteiger partial charge is 0.258 e. The second-order valence-corrected chi connectivity index (χ2v) is 4.16. The molecule has 0 bridgehead atoms. The fourth-order valence-corrected chi connectivity index (χ4v) is 1.86. The van der Waals surface area contributed by atoms with E-state index in [9.17, 15) is 10.1 Å². The van der Waals surface area contributed by atoms with Gasteiger partial charge < -0.3 is 0 Å². The SMILES string of the molecule is Cc1ccc([N+](=O)[O-])c(CCc2ccccc2)n1. The maximum absolute atomic E-state index is 10.9. The van der Waals surface area contributed by atoms with Gasteiger partial charge in [-0.3, -0.25) is 15.1 Å². The number of nitrogens with zero attached hydrogens (tertiary/aromatic N) is 2. The predicted octanol–water partition coefficient (Wildman–Crippen LogP) is 3.08. The van der Waals surface area contributed by atoms with Crippen LogP contribution in [0.4, 0.5) is 5.69 Å². The van der Waals surface area contributed by atoms with Crippen LogP contribution in [0.15, 0.2) is 42.5 Å². The van der Waals surface area contributed by atoms with Crippen LogP contribution in [0, 0.1) is 17.0 Å². The Morgan fingerprint density at radius 2 is 1.83 bits per heavy atom. The molecule has 0 atom stereocenters. The molecule has 0 N–H and O–H groups in total. The molecule has 18 heavy (non-hydrogen) atoms. The lowest BCUT2D eigenvalue weighted by Crippen LogP contribution is -2.02. The van der Waals surface area contributed by atoms with Gasteiger partial charge in [-0.25, -0.2) is 0 Å². The van der Waals surface area contributed by atoms with Gasteiger partial charge in [0, 0.05) is 18.2 Å². The molecular formula is C14H14N2O2. The first-order valence-electron chi connectivity index (χ1n) is 5.81. The number of nitro groups is 1. The third kappa shape index (κ3) is 2.91. The van der Waals surface area contributed by atoms with E-state index in [1.54, 1.807) is 6.07 Å². The molecule has 0 aliphatic rings. The van der Waals surface area contributed by atoms with E-state index >= 15 is 0 Å². The molecule has 0 fully saturated rings. The highest BCUT2D eigenvalue weighted by atomic mass is 16.6. The average molecular weight is 242 g/mol. The Kier molecular flexibility index (Phi) is 3.67. The van der Waals surface area contributed by atoms with Gasteiger partial charge in [0.05, 0.1) is 4.92 Å². The minimum Gasteiger partial charge on any atom is -0.258 e. The lowest BCUT2D eigenvalue weighted by molar-refractivity contribution is -0.385. The zero-order valence-electron chi connectivity index (χ0n) is 10.2. The van der Waals surface area contributed by atoms with Crippen LogP contribution in [-0.2, 0) is 12.8 Å². The number of aromatic nitrogens is 1. The first kappa shape index (κ1) is 12.2. The van der Waals surface area contributed by atoms with Crippen LogP contribution >= 0.6 is 0 Å². The summed E-state index contributed by atoms with van der Waals surface area (Å²) < 4.78 is 0. The van der Waals surface area contributed by atoms with E-state index in [2.05, 4.69) is 4.98 Å². The summed E-state index contributed by atoms with van der Waals surface area (Å²) in [6.07, 6.45) is 1.35.